The van der Waals surface area contributed by atoms with Crippen molar-refractivity contribution < 1.29 is 13.9 Å². The number of aromatic nitrogens is 2. The number of hydrogen-bond donors (Lipinski definition) is 0. The molecule has 0 N–H and O–H groups in total. The Labute approximate surface area is 181 Å². The van der Waals surface area contributed by atoms with Gasteiger partial charge in [-0.3, -0.25) is 0 Å². The van der Waals surface area contributed by atoms with Crippen molar-refractivity contribution >= 4 is 22.6 Å². The summed E-state index contributed by atoms with van der Waals surface area (Å²) in [6, 6.07) is 9.23. The summed E-state index contributed by atoms with van der Waals surface area (Å²) in [5, 5.41) is 4.28. The quantitative estimate of drug-likeness (QED) is 0.478. The molecule has 31 heavy (non-hydrogen) atoms. The summed E-state index contributed by atoms with van der Waals surface area (Å²) in [6.07, 6.45) is 12.6. The summed E-state index contributed by atoms with van der Waals surface area (Å²) in [5.74, 6) is -0.415. The van der Waals surface area contributed by atoms with Gasteiger partial charge in [-0.05, 0) is 72.4 Å². The molecule has 0 fully saturated rings. The highest BCUT2D eigenvalue weighted by Gasteiger charge is 2.21. The molecule has 1 aliphatic carbocycles. The number of pyridine rings is 1. The van der Waals surface area contributed by atoms with E-state index >= 15 is 0 Å². The molecule has 158 valence electrons. The fourth-order valence-corrected chi connectivity index (χ4v) is 4.02. The number of ether oxygens (including phenoxy) is 1. The van der Waals surface area contributed by atoms with Gasteiger partial charge in [-0.15, -0.1) is 0 Å². The average molecular weight is 416 g/mol. The van der Waals surface area contributed by atoms with Gasteiger partial charge >= 0.3 is 5.97 Å². The molecule has 0 bridgehead atoms. The number of esters is 1. The summed E-state index contributed by atoms with van der Waals surface area (Å²) in [4.78, 5) is 12.4. The molecular formula is C26H25FN2O2. The molecule has 0 saturated heterocycles. The van der Waals surface area contributed by atoms with Crippen molar-refractivity contribution in [2.24, 2.45) is 5.92 Å². The maximum Gasteiger partial charge on any atom is 0.341 e. The van der Waals surface area contributed by atoms with E-state index in [1.807, 2.05) is 36.5 Å². The average Bonchev–Trinajstić information content (AvgIpc) is 3.07. The first kappa shape index (κ1) is 20.8. The summed E-state index contributed by atoms with van der Waals surface area (Å²) in [5.41, 5.74) is 5.89. The molecule has 1 atom stereocenters. The van der Waals surface area contributed by atoms with Gasteiger partial charge < -0.3 is 4.74 Å². The summed E-state index contributed by atoms with van der Waals surface area (Å²) >= 11 is 0. The number of halogens is 1. The number of carbonyl (C=O) groups excluding carboxylic acids is 1. The summed E-state index contributed by atoms with van der Waals surface area (Å²) < 4.78 is 20.8. The van der Waals surface area contributed by atoms with Crippen LogP contribution in [-0.2, 0) is 4.74 Å². The highest BCUT2D eigenvalue weighted by Crippen LogP contribution is 2.38. The van der Waals surface area contributed by atoms with E-state index in [-0.39, 0.29) is 17.7 Å². The lowest BCUT2D eigenvalue weighted by Crippen LogP contribution is -2.05. The molecule has 2 heterocycles. The number of rotatable bonds is 5. The second-order valence-electron chi connectivity index (χ2n) is 7.57. The van der Waals surface area contributed by atoms with Crippen LogP contribution in [0.25, 0.3) is 16.7 Å². The first-order valence-corrected chi connectivity index (χ1v) is 10.5. The van der Waals surface area contributed by atoms with Crippen molar-refractivity contribution in [3.63, 3.8) is 0 Å². The van der Waals surface area contributed by atoms with E-state index in [4.69, 9.17) is 4.74 Å². The zero-order chi connectivity index (χ0) is 22.0. The minimum Gasteiger partial charge on any atom is -0.462 e. The molecule has 2 aromatic heterocycles. The second kappa shape index (κ2) is 8.72. The van der Waals surface area contributed by atoms with Crippen molar-refractivity contribution in [3.8, 4) is 0 Å². The number of allylic oxidation sites excluding steroid dienone is 6. The van der Waals surface area contributed by atoms with E-state index in [2.05, 4.69) is 30.3 Å². The zero-order valence-electron chi connectivity index (χ0n) is 17.9. The van der Waals surface area contributed by atoms with Crippen LogP contribution in [0.15, 0.2) is 67.0 Å². The van der Waals surface area contributed by atoms with E-state index in [0.717, 1.165) is 28.7 Å². The fraction of sp³-hybridized carbons (Fsp3) is 0.231. The van der Waals surface area contributed by atoms with Gasteiger partial charge in [0.2, 0.25) is 0 Å². The fourth-order valence-electron chi connectivity index (χ4n) is 4.02. The minimum atomic E-state index is -0.387. The number of nitrogens with zero attached hydrogens (tertiary/aromatic N) is 2. The van der Waals surface area contributed by atoms with Crippen molar-refractivity contribution in [3.05, 3.63) is 95.1 Å². The summed E-state index contributed by atoms with van der Waals surface area (Å²) in [6.45, 7) is 6.02. The predicted octanol–water partition coefficient (Wildman–Crippen LogP) is 6.02. The number of benzene rings is 1. The monoisotopic (exact) mass is 416 g/mol. The predicted molar refractivity (Wildman–Crippen MR) is 121 cm³/mol. The Kier molecular flexibility index (Phi) is 5.85. The van der Waals surface area contributed by atoms with Crippen LogP contribution in [0.2, 0.25) is 0 Å². The van der Waals surface area contributed by atoms with E-state index < -0.39 is 0 Å². The van der Waals surface area contributed by atoms with E-state index in [0.29, 0.717) is 23.3 Å². The molecule has 1 aromatic carbocycles. The van der Waals surface area contributed by atoms with Gasteiger partial charge in [0.05, 0.1) is 18.3 Å². The van der Waals surface area contributed by atoms with Gasteiger partial charge in [0.25, 0.3) is 0 Å². The number of carbonyl (C=O) groups is 1. The van der Waals surface area contributed by atoms with Crippen molar-refractivity contribution in [1.29, 1.82) is 0 Å². The van der Waals surface area contributed by atoms with Crippen molar-refractivity contribution in [1.82, 2.24) is 9.61 Å². The minimum absolute atomic E-state index is 0.181. The number of hydrogen-bond acceptors (Lipinski definition) is 3. The third-order valence-corrected chi connectivity index (χ3v) is 5.62. The Morgan fingerprint density at radius 1 is 1.16 bits per heavy atom. The van der Waals surface area contributed by atoms with Crippen LogP contribution in [0.4, 0.5) is 4.39 Å². The molecular weight excluding hydrogens is 391 g/mol. The van der Waals surface area contributed by atoms with Gasteiger partial charge in [0.15, 0.2) is 0 Å². The lowest BCUT2D eigenvalue weighted by molar-refractivity contribution is 0.0528. The first-order valence-electron chi connectivity index (χ1n) is 10.5. The smallest absolute Gasteiger partial charge is 0.341 e. The molecule has 0 amide bonds. The van der Waals surface area contributed by atoms with Crippen LogP contribution in [0.1, 0.15) is 47.3 Å². The lowest BCUT2D eigenvalue weighted by atomic mass is 9.84. The Bertz CT molecular complexity index is 1230. The van der Waals surface area contributed by atoms with Crippen LogP contribution in [0, 0.1) is 18.7 Å². The van der Waals surface area contributed by atoms with Crippen molar-refractivity contribution in [2.75, 3.05) is 6.61 Å². The Balaban J connectivity index is 1.94. The van der Waals surface area contributed by atoms with Crippen LogP contribution in [-0.4, -0.2) is 22.2 Å². The highest BCUT2D eigenvalue weighted by molar-refractivity contribution is 6.00. The standard InChI is InChI=1S/C26H25FN2O2/c1-4-18-8-6-7-9-21(25(18)20-10-11-23(27)17(3)14-20)19-12-13-29-24(15-19)22(16-28-29)26(30)31-5-2/h6-16,18H,4-5H2,1-3H3. The third-order valence-electron chi connectivity index (χ3n) is 5.62. The molecule has 4 nitrogen and oxygen atoms in total. The first-order chi connectivity index (χ1) is 15.0. The van der Waals surface area contributed by atoms with E-state index in [1.165, 1.54) is 12.3 Å². The lowest BCUT2D eigenvalue weighted by Gasteiger charge is -2.20. The highest BCUT2D eigenvalue weighted by atomic mass is 19.1. The molecule has 0 aliphatic heterocycles. The largest absolute Gasteiger partial charge is 0.462 e. The van der Waals surface area contributed by atoms with Crippen molar-refractivity contribution in [2.45, 2.75) is 27.2 Å². The molecule has 0 radical (unpaired) electrons. The topological polar surface area (TPSA) is 43.6 Å². The molecule has 1 aliphatic rings. The van der Waals surface area contributed by atoms with Gasteiger partial charge in [0, 0.05) is 12.1 Å². The van der Waals surface area contributed by atoms with E-state index in [1.54, 1.807) is 18.4 Å². The SMILES string of the molecule is CCOC(=O)c1cnn2ccc(C3=C(c4ccc(F)c(C)c4)C(CC)C=CC=C3)cc12. The number of fused-ring (bicyclic) bond motifs is 1. The Morgan fingerprint density at radius 2 is 2.00 bits per heavy atom. The zero-order valence-corrected chi connectivity index (χ0v) is 17.9. The Morgan fingerprint density at radius 3 is 2.74 bits per heavy atom. The maximum absolute atomic E-state index is 14.0. The van der Waals surface area contributed by atoms with Crippen LogP contribution < -0.4 is 0 Å². The Hall–Kier alpha value is -3.47. The van der Waals surface area contributed by atoms with Gasteiger partial charge in [-0.2, -0.15) is 5.10 Å². The molecule has 0 spiro atoms. The molecule has 4 rings (SSSR count). The molecule has 3 aromatic rings. The summed E-state index contributed by atoms with van der Waals surface area (Å²) in [7, 11) is 0. The normalized spacial score (nSPS) is 16.1. The van der Waals surface area contributed by atoms with Gasteiger partial charge in [0.1, 0.15) is 11.4 Å². The maximum atomic E-state index is 14.0. The van der Waals surface area contributed by atoms with Crippen LogP contribution in [0.3, 0.4) is 0 Å². The van der Waals surface area contributed by atoms with Gasteiger partial charge in [-0.1, -0.05) is 37.3 Å². The molecule has 1 unspecified atom stereocenters. The van der Waals surface area contributed by atoms with Crippen LogP contribution >= 0.6 is 0 Å². The molecule has 0 saturated carbocycles. The van der Waals surface area contributed by atoms with Crippen LogP contribution in [0.5, 0.6) is 0 Å². The van der Waals surface area contributed by atoms with E-state index in [9.17, 15) is 9.18 Å². The van der Waals surface area contributed by atoms with Gasteiger partial charge in [-0.25, -0.2) is 13.7 Å². The number of aryl methyl sites for hydroxylation is 1. The third kappa shape index (κ3) is 3.96. The molecule has 5 heteroatoms. The second-order valence-corrected chi connectivity index (χ2v) is 7.57.